The largest absolute Gasteiger partial charge is 0.416 e. The predicted molar refractivity (Wildman–Crippen MR) is 115 cm³/mol. The van der Waals surface area contributed by atoms with E-state index in [0.29, 0.717) is 42.2 Å². The number of ether oxygens (including phenoxy) is 1. The minimum atomic E-state index is -0.435. The Morgan fingerprint density at radius 2 is 1.87 bits per heavy atom. The Morgan fingerprint density at radius 1 is 1.07 bits per heavy atom. The third-order valence-corrected chi connectivity index (χ3v) is 5.52. The minimum Gasteiger partial charge on any atom is -0.387 e. The Balaban J connectivity index is 1.29. The summed E-state index contributed by atoms with van der Waals surface area (Å²) in [5.74, 6) is 0.157. The van der Waals surface area contributed by atoms with Crippen molar-refractivity contribution >= 4 is 45.3 Å². The number of aryl methyl sites for hydroxylation is 1. The number of para-hydroxylation sites is 1. The number of benzene rings is 2. The molecule has 1 aliphatic rings. The third-order valence-electron chi connectivity index (χ3n) is 5.29. The van der Waals surface area contributed by atoms with Crippen LogP contribution in [-0.2, 0) is 0 Å². The number of hydrogen-bond donors (Lipinski definition) is 0. The number of piperazine rings is 1. The molecule has 3 heterocycles. The standard InChI is InChI=1S/C22H19ClN4O3/c1-14-12-19(16-4-2-3-5-18(16)24-14)26-8-10-27(11-9-26)22(28)29-21-17-7-6-15(23)13-20(17)30-25-21/h2-7,12-13H,8-11H2,1H3. The van der Waals surface area contributed by atoms with Gasteiger partial charge in [0.2, 0.25) is 0 Å². The zero-order valence-electron chi connectivity index (χ0n) is 16.3. The lowest BCUT2D eigenvalue weighted by atomic mass is 10.1. The summed E-state index contributed by atoms with van der Waals surface area (Å²) in [4.78, 5) is 21.2. The summed E-state index contributed by atoms with van der Waals surface area (Å²) >= 11 is 5.95. The molecule has 5 rings (SSSR count). The number of aromatic nitrogens is 2. The average Bonchev–Trinajstić information content (AvgIpc) is 3.14. The van der Waals surface area contributed by atoms with Gasteiger partial charge in [0.25, 0.3) is 5.88 Å². The van der Waals surface area contributed by atoms with Crippen LogP contribution in [0.4, 0.5) is 10.5 Å². The fourth-order valence-electron chi connectivity index (χ4n) is 3.79. The second kappa shape index (κ2) is 7.50. The smallest absolute Gasteiger partial charge is 0.387 e. The number of halogens is 1. The van der Waals surface area contributed by atoms with Gasteiger partial charge in [-0.05, 0) is 36.3 Å². The molecule has 1 amide bonds. The van der Waals surface area contributed by atoms with Crippen molar-refractivity contribution in [3.8, 4) is 5.88 Å². The van der Waals surface area contributed by atoms with Gasteiger partial charge < -0.3 is 19.1 Å². The van der Waals surface area contributed by atoms with E-state index in [4.69, 9.17) is 20.9 Å². The van der Waals surface area contributed by atoms with Crippen molar-refractivity contribution in [3.05, 3.63) is 59.2 Å². The van der Waals surface area contributed by atoms with Gasteiger partial charge in [0, 0.05) is 54.0 Å². The quantitative estimate of drug-likeness (QED) is 0.468. The van der Waals surface area contributed by atoms with Crippen LogP contribution in [0, 0.1) is 6.92 Å². The highest BCUT2D eigenvalue weighted by molar-refractivity contribution is 6.31. The number of carbonyl (C=O) groups is 1. The lowest BCUT2D eigenvalue weighted by molar-refractivity contribution is 0.146. The molecule has 1 aliphatic heterocycles. The van der Waals surface area contributed by atoms with Crippen LogP contribution in [-0.4, -0.2) is 47.3 Å². The van der Waals surface area contributed by atoms with Gasteiger partial charge in [-0.15, -0.1) is 0 Å². The predicted octanol–water partition coefficient (Wildman–Crippen LogP) is 4.66. The van der Waals surface area contributed by atoms with E-state index >= 15 is 0 Å². The summed E-state index contributed by atoms with van der Waals surface area (Å²) in [5.41, 5.74) is 3.58. The van der Waals surface area contributed by atoms with Crippen LogP contribution >= 0.6 is 11.6 Å². The lowest BCUT2D eigenvalue weighted by Crippen LogP contribution is -2.49. The summed E-state index contributed by atoms with van der Waals surface area (Å²) in [7, 11) is 0. The normalized spacial score (nSPS) is 14.5. The van der Waals surface area contributed by atoms with Crippen molar-refractivity contribution in [2.75, 3.05) is 31.1 Å². The Labute approximate surface area is 177 Å². The monoisotopic (exact) mass is 422 g/mol. The first-order valence-electron chi connectivity index (χ1n) is 9.71. The van der Waals surface area contributed by atoms with Gasteiger partial charge in [-0.1, -0.05) is 29.8 Å². The van der Waals surface area contributed by atoms with Gasteiger partial charge in [-0.25, -0.2) is 4.79 Å². The van der Waals surface area contributed by atoms with Gasteiger partial charge in [0.1, 0.15) is 0 Å². The molecule has 8 heteroatoms. The minimum absolute atomic E-state index is 0.157. The number of pyridine rings is 1. The van der Waals surface area contributed by atoms with Crippen molar-refractivity contribution in [2.24, 2.45) is 0 Å². The number of anilines is 1. The van der Waals surface area contributed by atoms with Crippen LogP contribution < -0.4 is 9.64 Å². The van der Waals surface area contributed by atoms with Crippen molar-refractivity contribution in [3.63, 3.8) is 0 Å². The zero-order chi connectivity index (χ0) is 20.7. The molecule has 30 heavy (non-hydrogen) atoms. The number of carbonyl (C=O) groups excluding carboxylic acids is 1. The van der Waals surface area contributed by atoms with Crippen LogP contribution in [0.1, 0.15) is 5.69 Å². The first-order valence-corrected chi connectivity index (χ1v) is 10.1. The summed E-state index contributed by atoms with van der Waals surface area (Å²) in [6, 6.07) is 15.3. The van der Waals surface area contributed by atoms with E-state index in [2.05, 4.69) is 27.2 Å². The van der Waals surface area contributed by atoms with E-state index in [0.717, 1.165) is 22.3 Å². The van der Waals surface area contributed by atoms with Gasteiger partial charge in [-0.2, -0.15) is 0 Å². The average molecular weight is 423 g/mol. The molecule has 0 bridgehead atoms. The second-order valence-corrected chi connectivity index (χ2v) is 7.71. The van der Waals surface area contributed by atoms with Crippen LogP contribution in [0.15, 0.2) is 53.1 Å². The molecule has 0 unspecified atom stereocenters. The molecule has 4 aromatic rings. The number of amides is 1. The summed E-state index contributed by atoms with van der Waals surface area (Å²) in [5, 5.41) is 6.12. The lowest BCUT2D eigenvalue weighted by Gasteiger charge is -2.35. The zero-order valence-corrected chi connectivity index (χ0v) is 17.1. The highest BCUT2D eigenvalue weighted by Crippen LogP contribution is 2.29. The maximum Gasteiger partial charge on any atom is 0.416 e. The molecule has 152 valence electrons. The number of rotatable bonds is 2. The van der Waals surface area contributed by atoms with Crippen molar-refractivity contribution in [1.82, 2.24) is 15.0 Å². The number of hydrogen-bond acceptors (Lipinski definition) is 6. The van der Waals surface area contributed by atoms with Gasteiger partial charge in [-0.3, -0.25) is 4.98 Å². The second-order valence-electron chi connectivity index (χ2n) is 7.27. The number of fused-ring (bicyclic) bond motifs is 2. The highest BCUT2D eigenvalue weighted by Gasteiger charge is 2.25. The Hall–Kier alpha value is -3.32. The molecular formula is C22H19ClN4O3. The van der Waals surface area contributed by atoms with E-state index in [-0.39, 0.29) is 5.88 Å². The van der Waals surface area contributed by atoms with E-state index < -0.39 is 6.09 Å². The van der Waals surface area contributed by atoms with Crippen molar-refractivity contribution in [1.29, 1.82) is 0 Å². The molecular weight excluding hydrogens is 404 g/mol. The van der Waals surface area contributed by atoms with E-state index in [1.165, 1.54) is 0 Å². The highest BCUT2D eigenvalue weighted by atomic mass is 35.5. The molecule has 1 saturated heterocycles. The number of nitrogens with zero attached hydrogens (tertiary/aromatic N) is 4. The van der Waals surface area contributed by atoms with Crippen LogP contribution in [0.25, 0.3) is 21.9 Å². The molecule has 0 spiro atoms. The molecule has 7 nitrogen and oxygen atoms in total. The third kappa shape index (κ3) is 3.41. The summed E-state index contributed by atoms with van der Waals surface area (Å²) < 4.78 is 10.7. The maximum absolute atomic E-state index is 12.7. The van der Waals surface area contributed by atoms with Crippen molar-refractivity contribution < 1.29 is 14.1 Å². The maximum atomic E-state index is 12.7. The van der Waals surface area contributed by atoms with Gasteiger partial charge in [0.05, 0.1) is 10.9 Å². The van der Waals surface area contributed by atoms with Gasteiger partial charge in [0.15, 0.2) is 5.58 Å². The Bertz CT molecular complexity index is 1250. The van der Waals surface area contributed by atoms with Gasteiger partial charge >= 0.3 is 6.09 Å². The summed E-state index contributed by atoms with van der Waals surface area (Å²) in [6.45, 7) is 4.51. The fourth-order valence-corrected chi connectivity index (χ4v) is 3.95. The van der Waals surface area contributed by atoms with E-state index in [1.54, 1.807) is 23.1 Å². The molecule has 1 fully saturated rings. The first-order chi connectivity index (χ1) is 14.6. The SMILES string of the molecule is Cc1cc(N2CCN(C(=O)Oc3noc4cc(Cl)ccc34)CC2)c2ccccc2n1. The van der Waals surface area contributed by atoms with E-state index in [9.17, 15) is 4.79 Å². The molecule has 2 aromatic carbocycles. The fraction of sp³-hybridized carbons (Fsp3) is 0.227. The van der Waals surface area contributed by atoms with Crippen LogP contribution in [0.3, 0.4) is 0 Å². The van der Waals surface area contributed by atoms with Crippen molar-refractivity contribution in [2.45, 2.75) is 6.92 Å². The Morgan fingerprint density at radius 3 is 2.70 bits per heavy atom. The molecule has 0 atom stereocenters. The van der Waals surface area contributed by atoms with E-state index in [1.807, 2.05) is 25.1 Å². The first kappa shape index (κ1) is 18.7. The summed E-state index contributed by atoms with van der Waals surface area (Å²) in [6.07, 6.45) is -0.435. The molecule has 0 aliphatic carbocycles. The van der Waals surface area contributed by atoms with Crippen LogP contribution in [0.5, 0.6) is 5.88 Å². The molecule has 0 radical (unpaired) electrons. The molecule has 0 saturated carbocycles. The topological polar surface area (TPSA) is 71.7 Å². The Kier molecular flexibility index (Phi) is 4.67. The van der Waals surface area contributed by atoms with Crippen LogP contribution in [0.2, 0.25) is 5.02 Å². The molecule has 0 N–H and O–H groups in total. The molecule has 2 aromatic heterocycles.